The lowest BCUT2D eigenvalue weighted by Gasteiger charge is -2.21. The van der Waals surface area contributed by atoms with Gasteiger partial charge in [0.05, 0.1) is 10.9 Å². The van der Waals surface area contributed by atoms with Crippen molar-refractivity contribution in [2.45, 2.75) is 56.5 Å². The van der Waals surface area contributed by atoms with Gasteiger partial charge in [0.15, 0.2) is 16.9 Å². The van der Waals surface area contributed by atoms with Crippen molar-refractivity contribution in [1.29, 1.82) is 0 Å². The maximum Gasteiger partial charge on any atom is 0.309 e. The van der Waals surface area contributed by atoms with Gasteiger partial charge in [0.25, 0.3) is 0 Å². The molecule has 1 unspecified atom stereocenters. The van der Waals surface area contributed by atoms with Crippen LogP contribution in [0.3, 0.4) is 0 Å². The first-order valence-corrected chi connectivity index (χ1v) is 10.8. The van der Waals surface area contributed by atoms with E-state index in [1.165, 1.54) is 13.1 Å². The summed E-state index contributed by atoms with van der Waals surface area (Å²) >= 11 is 0. The second-order valence-corrected chi connectivity index (χ2v) is 8.74. The SMILES string of the molecule is CC1(C(=O)NC2CC2)C(=O)Nc2nc(-c3nn(CCC(F)(F)C(F)F)c4ncccc34)nc(N)c21. The molecular weight excluding hydrogens is 472 g/mol. The Kier molecular flexibility index (Phi) is 5.14. The largest absolute Gasteiger partial charge is 0.383 e. The van der Waals surface area contributed by atoms with E-state index in [-0.39, 0.29) is 40.4 Å². The third-order valence-corrected chi connectivity index (χ3v) is 6.18. The predicted molar refractivity (Wildman–Crippen MR) is 116 cm³/mol. The summed E-state index contributed by atoms with van der Waals surface area (Å²) in [6.07, 6.45) is -1.92. The maximum atomic E-state index is 13.5. The van der Waals surface area contributed by atoms with Crippen LogP contribution in [0.1, 0.15) is 31.7 Å². The first-order valence-electron chi connectivity index (χ1n) is 10.8. The van der Waals surface area contributed by atoms with Crippen LogP contribution < -0.4 is 16.4 Å². The number of carbonyl (C=O) groups excluding carboxylic acids is 2. The number of anilines is 2. The summed E-state index contributed by atoms with van der Waals surface area (Å²) in [5.74, 6) is -5.48. The number of pyridine rings is 1. The lowest BCUT2D eigenvalue weighted by molar-refractivity contribution is -0.134. The highest BCUT2D eigenvalue weighted by molar-refractivity contribution is 6.21. The minimum Gasteiger partial charge on any atom is -0.383 e. The number of rotatable bonds is 7. The van der Waals surface area contributed by atoms with Crippen LogP contribution in [0.25, 0.3) is 22.6 Å². The molecule has 3 aromatic heterocycles. The highest BCUT2D eigenvalue weighted by Crippen LogP contribution is 2.42. The van der Waals surface area contributed by atoms with Crippen LogP contribution in [-0.2, 0) is 21.5 Å². The summed E-state index contributed by atoms with van der Waals surface area (Å²) in [6.45, 7) is 0.893. The van der Waals surface area contributed by atoms with Crippen molar-refractivity contribution in [3.8, 4) is 11.5 Å². The number of fused-ring (bicyclic) bond motifs is 2. The van der Waals surface area contributed by atoms with Crippen LogP contribution >= 0.6 is 0 Å². The Labute approximate surface area is 195 Å². The fraction of sp³-hybridized carbons (Fsp3) is 0.429. The normalized spacial score (nSPS) is 19.8. The highest BCUT2D eigenvalue weighted by Gasteiger charge is 2.53. The summed E-state index contributed by atoms with van der Waals surface area (Å²) in [6, 6.07) is 3.17. The van der Waals surface area contributed by atoms with Crippen LogP contribution in [0.2, 0.25) is 0 Å². The molecule has 1 aliphatic heterocycles. The van der Waals surface area contributed by atoms with Gasteiger partial charge in [0.1, 0.15) is 17.3 Å². The molecule has 1 saturated carbocycles. The van der Waals surface area contributed by atoms with Gasteiger partial charge in [0, 0.05) is 25.2 Å². The molecule has 1 atom stereocenters. The van der Waals surface area contributed by atoms with Crippen LogP contribution in [-0.4, -0.2) is 54.9 Å². The van der Waals surface area contributed by atoms with Gasteiger partial charge in [-0.05, 0) is 31.9 Å². The fourth-order valence-electron chi connectivity index (χ4n) is 3.98. The first-order chi connectivity index (χ1) is 16.5. The molecule has 2 aliphatic rings. The summed E-state index contributed by atoms with van der Waals surface area (Å²) < 4.78 is 53.3. The van der Waals surface area contributed by atoms with Crippen molar-refractivity contribution in [3.05, 3.63) is 23.9 Å². The molecule has 3 aromatic rings. The number of halogens is 4. The molecule has 0 aromatic carbocycles. The Hall–Kier alpha value is -3.84. The molecule has 0 radical (unpaired) electrons. The van der Waals surface area contributed by atoms with Gasteiger partial charge in [0.2, 0.25) is 11.8 Å². The zero-order chi connectivity index (χ0) is 25.1. The van der Waals surface area contributed by atoms with E-state index < -0.39 is 42.5 Å². The Morgan fingerprint density at radius 3 is 2.80 bits per heavy atom. The number of nitrogen functional groups attached to an aromatic ring is 1. The number of aromatic nitrogens is 5. The number of carbonyl (C=O) groups is 2. The molecule has 0 saturated heterocycles. The van der Waals surface area contributed by atoms with Crippen LogP contribution in [0, 0.1) is 0 Å². The number of hydrogen-bond donors (Lipinski definition) is 3. The molecule has 0 bridgehead atoms. The standard InChI is InChI=1S/C21H20F4N8O2/c1-20(18(34)28-9-4-5-9)11-13(26)29-15(30-14(11)31-19(20)35)12-10-3-2-7-27-16(10)33(32-12)8-6-21(24,25)17(22)23/h2-3,7,9,17H,4-6,8H2,1H3,(H,28,34)(H3,26,29,30,31,35). The van der Waals surface area contributed by atoms with E-state index in [2.05, 4.69) is 30.7 Å². The molecule has 184 valence electrons. The van der Waals surface area contributed by atoms with E-state index in [0.29, 0.717) is 5.39 Å². The van der Waals surface area contributed by atoms with Crippen molar-refractivity contribution in [2.75, 3.05) is 11.1 Å². The van der Waals surface area contributed by atoms with Crippen molar-refractivity contribution < 1.29 is 27.2 Å². The van der Waals surface area contributed by atoms with Gasteiger partial charge in [-0.15, -0.1) is 0 Å². The van der Waals surface area contributed by atoms with Crippen LogP contribution in [0.5, 0.6) is 0 Å². The van der Waals surface area contributed by atoms with Crippen LogP contribution in [0.4, 0.5) is 29.2 Å². The van der Waals surface area contributed by atoms with Crippen molar-refractivity contribution in [2.24, 2.45) is 0 Å². The van der Waals surface area contributed by atoms with E-state index in [0.717, 1.165) is 17.5 Å². The second kappa shape index (κ2) is 7.85. The topological polar surface area (TPSA) is 141 Å². The number of nitrogens with zero attached hydrogens (tertiary/aromatic N) is 5. The molecule has 10 nitrogen and oxygen atoms in total. The molecule has 2 amide bonds. The first kappa shape index (κ1) is 22.9. The second-order valence-electron chi connectivity index (χ2n) is 8.74. The molecule has 4 heterocycles. The molecule has 35 heavy (non-hydrogen) atoms. The van der Waals surface area contributed by atoms with Gasteiger partial charge in [-0.2, -0.15) is 5.10 Å². The highest BCUT2D eigenvalue weighted by atomic mass is 19.3. The number of hydrogen-bond acceptors (Lipinski definition) is 7. The molecule has 14 heteroatoms. The Bertz CT molecular complexity index is 1360. The molecule has 0 spiro atoms. The average Bonchev–Trinajstić information content (AvgIpc) is 3.48. The van der Waals surface area contributed by atoms with Gasteiger partial charge in [-0.1, -0.05) is 0 Å². The lowest BCUT2D eigenvalue weighted by atomic mass is 9.83. The Balaban J connectivity index is 1.54. The maximum absolute atomic E-state index is 13.5. The zero-order valence-corrected chi connectivity index (χ0v) is 18.4. The average molecular weight is 492 g/mol. The summed E-state index contributed by atoms with van der Waals surface area (Å²) in [5, 5.41) is 9.95. The van der Waals surface area contributed by atoms with Gasteiger partial charge < -0.3 is 16.4 Å². The monoisotopic (exact) mass is 492 g/mol. The van der Waals surface area contributed by atoms with Crippen LogP contribution in [0.15, 0.2) is 18.3 Å². The lowest BCUT2D eigenvalue weighted by Crippen LogP contribution is -2.48. The van der Waals surface area contributed by atoms with E-state index in [9.17, 15) is 27.2 Å². The quantitative estimate of drug-likeness (QED) is 0.339. The predicted octanol–water partition coefficient (Wildman–Crippen LogP) is 2.25. The molecule has 1 fully saturated rings. The van der Waals surface area contributed by atoms with Crippen molar-refractivity contribution in [1.82, 2.24) is 30.0 Å². The van der Waals surface area contributed by atoms with Crippen molar-refractivity contribution in [3.63, 3.8) is 0 Å². The number of amides is 2. The number of nitrogens with one attached hydrogen (secondary N) is 2. The van der Waals surface area contributed by atoms with Gasteiger partial charge in [-0.25, -0.2) is 37.2 Å². The number of alkyl halides is 4. The summed E-state index contributed by atoms with van der Waals surface area (Å²) in [4.78, 5) is 38.3. The third kappa shape index (κ3) is 3.72. The van der Waals surface area contributed by atoms with Crippen molar-refractivity contribution >= 4 is 34.5 Å². The number of nitrogens with two attached hydrogens (primary N) is 1. The molecule has 4 N–H and O–H groups in total. The number of aryl methyl sites for hydroxylation is 1. The zero-order valence-electron chi connectivity index (χ0n) is 18.4. The minimum absolute atomic E-state index is 0.0119. The Morgan fingerprint density at radius 1 is 1.37 bits per heavy atom. The van der Waals surface area contributed by atoms with Gasteiger partial charge in [-0.3, -0.25) is 9.59 Å². The van der Waals surface area contributed by atoms with E-state index in [4.69, 9.17) is 5.73 Å². The molecular formula is C21H20F4N8O2. The van der Waals surface area contributed by atoms with E-state index >= 15 is 0 Å². The van der Waals surface area contributed by atoms with Gasteiger partial charge >= 0.3 is 12.3 Å². The summed E-state index contributed by atoms with van der Waals surface area (Å²) in [5.41, 5.74) is 4.93. The molecule has 5 rings (SSSR count). The smallest absolute Gasteiger partial charge is 0.309 e. The van der Waals surface area contributed by atoms with E-state index in [1.807, 2.05) is 0 Å². The third-order valence-electron chi connectivity index (χ3n) is 6.18. The van der Waals surface area contributed by atoms with E-state index in [1.54, 1.807) is 12.1 Å². The molecule has 1 aliphatic carbocycles. The minimum atomic E-state index is -4.20. The Morgan fingerprint density at radius 2 is 2.11 bits per heavy atom. The summed E-state index contributed by atoms with van der Waals surface area (Å²) in [7, 11) is 0. The fourth-order valence-corrected chi connectivity index (χ4v) is 3.98.